The van der Waals surface area contributed by atoms with Crippen LogP contribution in [0, 0.1) is 17.7 Å². The summed E-state index contributed by atoms with van der Waals surface area (Å²) in [5.74, 6) is -9.67. The molecule has 1 saturated heterocycles. The number of hydrogen-bond donors (Lipinski definition) is 6. The maximum atomic E-state index is 15.5. The predicted octanol–water partition coefficient (Wildman–Crippen LogP) is -0.443. The number of nitrogens with zero attached hydrogens (tertiary/aromatic N) is 2. The molecule has 1 aromatic rings. The molecular weight excluding hydrogens is 515 g/mol. The molecule has 0 aromatic heterocycles. The fraction of sp³-hybridized carbons (Fsp3) is 0.462. The zero-order valence-corrected chi connectivity index (χ0v) is 21.3. The number of halogens is 1. The van der Waals surface area contributed by atoms with E-state index < -0.39 is 92.7 Å². The number of hydrogen-bond acceptors (Lipinski definition) is 10. The lowest BCUT2D eigenvalue weighted by Gasteiger charge is -2.50. The van der Waals surface area contributed by atoms with Crippen LogP contribution in [0.1, 0.15) is 30.4 Å². The molecule has 1 saturated carbocycles. The molecule has 12 nitrogen and oxygen atoms in total. The van der Waals surface area contributed by atoms with Gasteiger partial charge < -0.3 is 36.8 Å². The fourth-order valence-electron chi connectivity index (χ4n) is 6.60. The summed E-state index contributed by atoms with van der Waals surface area (Å²) in [4.78, 5) is 54.2. The van der Waals surface area contributed by atoms with Gasteiger partial charge >= 0.3 is 0 Å². The van der Waals surface area contributed by atoms with E-state index in [1.54, 1.807) is 0 Å². The molecule has 3 aliphatic carbocycles. The maximum Gasteiger partial charge on any atom is 0.255 e. The lowest BCUT2D eigenvalue weighted by molar-refractivity contribution is -0.153. The highest BCUT2D eigenvalue weighted by molar-refractivity contribution is 6.24. The van der Waals surface area contributed by atoms with Gasteiger partial charge in [0.1, 0.15) is 22.9 Å². The first-order valence-corrected chi connectivity index (χ1v) is 12.5. The Labute approximate surface area is 222 Å². The van der Waals surface area contributed by atoms with Gasteiger partial charge in [0, 0.05) is 29.7 Å². The van der Waals surface area contributed by atoms with Crippen molar-refractivity contribution >= 4 is 34.8 Å². The van der Waals surface area contributed by atoms with Crippen LogP contribution in [0.2, 0.25) is 0 Å². The third-order valence-electron chi connectivity index (χ3n) is 8.42. The van der Waals surface area contributed by atoms with E-state index in [0.29, 0.717) is 12.8 Å². The molecule has 13 heteroatoms. The minimum absolute atomic E-state index is 0.115. The second-order valence-corrected chi connectivity index (χ2v) is 10.8. The number of phenols is 1. The largest absolute Gasteiger partial charge is 0.508 e. The van der Waals surface area contributed by atoms with Gasteiger partial charge in [0.25, 0.3) is 5.91 Å². The number of anilines is 1. The summed E-state index contributed by atoms with van der Waals surface area (Å²) in [5.41, 5.74) is 6.25. The SMILES string of the molecule is CN(C)[C@@H]1C(=O)C(C(N)=O)=C(O)[C@@]2(O)C(=O)C3=C(O)c4c(O)c(N5CCC[C@H](N)C5=O)cc(F)c4C[C@H]3C[C@@H]12. The van der Waals surface area contributed by atoms with Crippen LogP contribution in [0.25, 0.3) is 5.76 Å². The summed E-state index contributed by atoms with van der Waals surface area (Å²) in [6.07, 6.45) is 0.553. The van der Waals surface area contributed by atoms with E-state index in [4.69, 9.17) is 11.5 Å². The monoisotopic (exact) mass is 544 g/mol. The van der Waals surface area contributed by atoms with Gasteiger partial charge in [0.05, 0.1) is 23.3 Å². The van der Waals surface area contributed by atoms with E-state index in [1.165, 1.54) is 19.0 Å². The number of nitrogens with two attached hydrogens (primary N) is 2. The van der Waals surface area contributed by atoms with Gasteiger partial charge in [-0.2, -0.15) is 0 Å². The number of likely N-dealkylation sites (N-methyl/N-ethyl adjacent to an activating group) is 1. The van der Waals surface area contributed by atoms with Crippen LogP contribution in [-0.4, -0.2) is 87.0 Å². The molecule has 1 aromatic carbocycles. The van der Waals surface area contributed by atoms with Crippen molar-refractivity contribution in [2.24, 2.45) is 23.3 Å². The first-order valence-electron chi connectivity index (χ1n) is 12.5. The number of Topliss-reactive ketones (excluding diaryl/α,β-unsaturated/α-hetero) is 2. The second-order valence-electron chi connectivity index (χ2n) is 10.8. The van der Waals surface area contributed by atoms with Crippen LogP contribution in [0.5, 0.6) is 5.75 Å². The highest BCUT2D eigenvalue weighted by Gasteiger charge is 2.64. The van der Waals surface area contributed by atoms with Crippen molar-refractivity contribution in [1.29, 1.82) is 0 Å². The Morgan fingerprint density at radius 2 is 1.87 bits per heavy atom. The summed E-state index contributed by atoms with van der Waals surface area (Å²) >= 11 is 0. The first-order chi connectivity index (χ1) is 18.2. The molecule has 1 aliphatic heterocycles. The zero-order valence-electron chi connectivity index (χ0n) is 21.3. The normalized spacial score (nSPS) is 30.9. The lowest BCUT2D eigenvalue weighted by atomic mass is 9.57. The minimum atomic E-state index is -2.80. The van der Waals surface area contributed by atoms with E-state index in [1.807, 2.05) is 0 Å². The summed E-state index contributed by atoms with van der Waals surface area (Å²) in [7, 11) is 2.97. The van der Waals surface area contributed by atoms with Crippen molar-refractivity contribution in [2.45, 2.75) is 43.4 Å². The standard InChI is InChI=1S/C26H29FN4O8/c1-30(2)18-11-7-9-6-10-12(27)8-14(31-5-3-4-13(28)25(31)38)19(32)16(10)20(33)15(9)22(35)26(11,39)23(36)17(21(18)34)24(29)37/h8-9,11,13,18,32-33,36,39H,3-7,28H2,1-2H3,(H2,29,37)/t9-,11-,13-,18-,26-/m0/s1. The average Bonchev–Trinajstić information content (AvgIpc) is 2.85. The van der Waals surface area contributed by atoms with E-state index in [0.717, 1.165) is 11.0 Å². The number of aliphatic hydroxyl groups is 3. The van der Waals surface area contributed by atoms with Crippen LogP contribution >= 0.6 is 0 Å². The molecule has 1 heterocycles. The number of aliphatic hydroxyl groups excluding tert-OH is 2. The number of aromatic hydroxyl groups is 1. The molecule has 5 rings (SSSR count). The van der Waals surface area contributed by atoms with Crippen LogP contribution in [0.3, 0.4) is 0 Å². The molecule has 4 aliphatic rings. The number of primary amides is 1. The molecule has 2 amide bonds. The van der Waals surface area contributed by atoms with Crippen molar-refractivity contribution in [1.82, 2.24) is 4.90 Å². The number of rotatable bonds is 3. The molecule has 39 heavy (non-hydrogen) atoms. The molecule has 8 N–H and O–H groups in total. The van der Waals surface area contributed by atoms with E-state index in [-0.39, 0.29) is 30.6 Å². The number of phenolic OH excluding ortho intramolecular Hbond substituents is 1. The molecule has 0 bridgehead atoms. The summed E-state index contributed by atoms with van der Waals surface area (Å²) in [6, 6.07) is -1.12. The van der Waals surface area contributed by atoms with Gasteiger partial charge in [-0.25, -0.2) is 4.39 Å². The van der Waals surface area contributed by atoms with Gasteiger partial charge in [0.2, 0.25) is 11.7 Å². The predicted molar refractivity (Wildman–Crippen MR) is 134 cm³/mol. The number of carbonyl (C=O) groups is 4. The number of fused-ring (bicyclic) bond motifs is 3. The average molecular weight is 545 g/mol. The van der Waals surface area contributed by atoms with Gasteiger partial charge in [-0.3, -0.25) is 24.1 Å². The van der Waals surface area contributed by atoms with Gasteiger partial charge in [-0.05, 0) is 45.7 Å². The highest BCUT2D eigenvalue weighted by atomic mass is 19.1. The fourth-order valence-corrected chi connectivity index (χ4v) is 6.60. The molecule has 2 fully saturated rings. The number of carbonyl (C=O) groups excluding carboxylic acids is 4. The Kier molecular flexibility index (Phi) is 6.09. The van der Waals surface area contributed by atoms with E-state index in [2.05, 4.69) is 0 Å². The molecular formula is C26H29FN4O8. The van der Waals surface area contributed by atoms with E-state index in [9.17, 15) is 39.6 Å². The number of amides is 2. The minimum Gasteiger partial charge on any atom is -0.508 e. The number of piperidine rings is 1. The Balaban J connectivity index is 1.70. The molecule has 208 valence electrons. The molecule has 0 unspecified atom stereocenters. The van der Waals surface area contributed by atoms with Gasteiger partial charge in [0.15, 0.2) is 17.1 Å². The molecule has 0 spiro atoms. The topological polar surface area (TPSA) is 208 Å². The van der Waals surface area contributed by atoms with Crippen molar-refractivity contribution in [3.8, 4) is 5.75 Å². The van der Waals surface area contributed by atoms with Crippen molar-refractivity contribution in [2.75, 3.05) is 25.5 Å². The first kappa shape index (κ1) is 26.8. The Hall–Kier alpha value is -3.81. The smallest absolute Gasteiger partial charge is 0.255 e. The Morgan fingerprint density at radius 1 is 1.21 bits per heavy atom. The van der Waals surface area contributed by atoms with Crippen LogP contribution in [0.15, 0.2) is 23.0 Å². The Morgan fingerprint density at radius 3 is 2.49 bits per heavy atom. The third kappa shape index (κ3) is 3.53. The maximum absolute atomic E-state index is 15.5. The molecule has 0 radical (unpaired) electrons. The highest BCUT2D eigenvalue weighted by Crippen LogP contribution is 2.54. The Bertz CT molecular complexity index is 1420. The molecule has 5 atom stereocenters. The number of benzene rings is 1. The van der Waals surface area contributed by atoms with Crippen LogP contribution < -0.4 is 16.4 Å². The second kappa shape index (κ2) is 8.86. The number of ketones is 2. The summed E-state index contributed by atoms with van der Waals surface area (Å²) < 4.78 is 15.5. The lowest BCUT2D eigenvalue weighted by Crippen LogP contribution is -2.65. The van der Waals surface area contributed by atoms with Crippen molar-refractivity contribution < 1.29 is 44.0 Å². The third-order valence-corrected chi connectivity index (χ3v) is 8.42. The van der Waals surface area contributed by atoms with E-state index >= 15 is 4.39 Å². The zero-order chi connectivity index (χ0) is 28.7. The van der Waals surface area contributed by atoms with Gasteiger partial charge in [-0.1, -0.05) is 0 Å². The van der Waals surface area contributed by atoms with Crippen molar-refractivity contribution in [3.05, 3.63) is 39.9 Å². The van der Waals surface area contributed by atoms with Gasteiger partial charge in [-0.15, -0.1) is 0 Å². The quantitative estimate of drug-likeness (QED) is 0.270. The van der Waals surface area contributed by atoms with Crippen LogP contribution in [-0.2, 0) is 25.6 Å². The summed E-state index contributed by atoms with van der Waals surface area (Å²) in [6.45, 7) is 0.146. The summed E-state index contributed by atoms with van der Waals surface area (Å²) in [5, 5.41) is 44.9. The van der Waals surface area contributed by atoms with Crippen molar-refractivity contribution in [3.63, 3.8) is 0 Å². The van der Waals surface area contributed by atoms with Crippen LogP contribution in [0.4, 0.5) is 10.1 Å².